The lowest BCUT2D eigenvalue weighted by Gasteiger charge is -2.38. The SMILES string of the molecule is C[C@H]1CC[C@@](CO)(NC(=O)c2c(O)c3cc(-c4ccc(F)cc4)cnc3n(CCN3CCOCC3)c2=O)CC1. The van der Waals surface area contributed by atoms with Crippen LogP contribution in [-0.2, 0) is 11.3 Å². The number of benzene rings is 1. The van der Waals surface area contributed by atoms with Crippen molar-refractivity contribution in [1.29, 1.82) is 0 Å². The Morgan fingerprint density at radius 3 is 2.51 bits per heavy atom. The summed E-state index contributed by atoms with van der Waals surface area (Å²) >= 11 is 0. The van der Waals surface area contributed by atoms with E-state index in [1.54, 1.807) is 24.4 Å². The predicted octanol–water partition coefficient (Wildman–Crippen LogP) is 2.91. The van der Waals surface area contributed by atoms with Crippen molar-refractivity contribution in [2.75, 3.05) is 39.5 Å². The normalized spacial score (nSPS) is 22.2. The van der Waals surface area contributed by atoms with Gasteiger partial charge in [-0.2, -0.15) is 0 Å². The van der Waals surface area contributed by atoms with Crippen LogP contribution in [0.2, 0.25) is 0 Å². The summed E-state index contributed by atoms with van der Waals surface area (Å²) < 4.78 is 20.4. The van der Waals surface area contributed by atoms with Crippen LogP contribution in [0.15, 0.2) is 41.3 Å². The number of carbonyl (C=O) groups excluding carboxylic acids is 1. The molecule has 0 atom stereocenters. The van der Waals surface area contributed by atoms with Crippen molar-refractivity contribution in [3.63, 3.8) is 0 Å². The van der Waals surface area contributed by atoms with Gasteiger partial charge in [-0.05, 0) is 55.4 Å². The Hall–Kier alpha value is -3.34. The summed E-state index contributed by atoms with van der Waals surface area (Å²) in [7, 11) is 0. The molecule has 0 radical (unpaired) electrons. The fraction of sp³-hybridized carbons (Fsp3) is 0.483. The van der Waals surface area contributed by atoms with Crippen LogP contribution < -0.4 is 10.9 Å². The molecule has 0 unspecified atom stereocenters. The molecule has 2 aromatic heterocycles. The number of nitrogens with zero attached hydrogens (tertiary/aromatic N) is 3. The fourth-order valence-corrected chi connectivity index (χ4v) is 5.53. The van der Waals surface area contributed by atoms with Crippen molar-refractivity contribution in [2.24, 2.45) is 5.92 Å². The number of hydrogen-bond acceptors (Lipinski definition) is 7. The topological polar surface area (TPSA) is 117 Å². The van der Waals surface area contributed by atoms with E-state index in [0.717, 1.165) is 25.9 Å². The summed E-state index contributed by atoms with van der Waals surface area (Å²) in [4.78, 5) is 34.0. The first-order valence-corrected chi connectivity index (χ1v) is 13.6. The quantitative estimate of drug-likeness (QED) is 0.424. The molecule has 208 valence electrons. The third-order valence-electron chi connectivity index (χ3n) is 8.13. The van der Waals surface area contributed by atoms with E-state index in [0.29, 0.717) is 49.6 Å². The molecule has 1 aromatic carbocycles. The molecule has 2 fully saturated rings. The van der Waals surface area contributed by atoms with Crippen LogP contribution in [0.3, 0.4) is 0 Å². The average Bonchev–Trinajstić information content (AvgIpc) is 2.95. The highest BCUT2D eigenvalue weighted by Crippen LogP contribution is 2.34. The van der Waals surface area contributed by atoms with Gasteiger partial charge in [0.1, 0.15) is 22.8 Å². The maximum absolute atomic E-state index is 13.8. The number of nitrogens with one attached hydrogen (secondary N) is 1. The number of hydrogen-bond donors (Lipinski definition) is 3. The van der Waals surface area contributed by atoms with Gasteiger partial charge in [-0.3, -0.25) is 19.1 Å². The van der Waals surface area contributed by atoms with Gasteiger partial charge in [-0.1, -0.05) is 19.1 Å². The molecule has 1 amide bonds. The highest BCUT2D eigenvalue weighted by atomic mass is 19.1. The molecule has 3 aromatic rings. The third kappa shape index (κ3) is 5.68. The molecule has 1 saturated heterocycles. The summed E-state index contributed by atoms with van der Waals surface area (Å²) in [5.41, 5.74) is -0.298. The van der Waals surface area contributed by atoms with E-state index in [9.17, 15) is 24.2 Å². The molecule has 3 N–H and O–H groups in total. The number of aliphatic hydroxyl groups is 1. The molecule has 1 saturated carbocycles. The number of carbonyl (C=O) groups is 1. The second-order valence-electron chi connectivity index (χ2n) is 10.8. The van der Waals surface area contributed by atoms with E-state index in [1.165, 1.54) is 16.7 Å². The number of amides is 1. The summed E-state index contributed by atoms with van der Waals surface area (Å²) in [6.45, 7) is 5.39. The van der Waals surface area contributed by atoms with Gasteiger partial charge in [0.2, 0.25) is 0 Å². The summed E-state index contributed by atoms with van der Waals surface area (Å²) in [5.74, 6) is -1.05. The minimum atomic E-state index is -0.843. The zero-order chi connectivity index (χ0) is 27.6. The van der Waals surface area contributed by atoms with Crippen molar-refractivity contribution in [3.05, 3.63) is 58.3 Å². The molecule has 39 heavy (non-hydrogen) atoms. The van der Waals surface area contributed by atoms with Gasteiger partial charge in [0, 0.05) is 37.9 Å². The Labute approximate surface area is 226 Å². The van der Waals surface area contributed by atoms with Gasteiger partial charge in [0.25, 0.3) is 11.5 Å². The number of aromatic hydroxyl groups is 1. The lowest BCUT2D eigenvalue weighted by atomic mass is 9.77. The third-order valence-corrected chi connectivity index (χ3v) is 8.13. The maximum Gasteiger partial charge on any atom is 0.268 e. The zero-order valence-electron chi connectivity index (χ0n) is 22.2. The Balaban J connectivity index is 1.57. The molecular weight excluding hydrogens is 503 g/mol. The molecule has 0 spiro atoms. The first-order chi connectivity index (χ1) is 18.8. The Kier molecular flexibility index (Phi) is 7.97. The van der Waals surface area contributed by atoms with Crippen LogP contribution in [0, 0.1) is 11.7 Å². The molecule has 0 bridgehead atoms. The number of aliphatic hydroxyl groups excluding tert-OH is 1. The molecular formula is C29H35FN4O5. The van der Waals surface area contributed by atoms with Gasteiger partial charge in [-0.15, -0.1) is 0 Å². The van der Waals surface area contributed by atoms with Crippen LogP contribution in [0.25, 0.3) is 22.2 Å². The minimum absolute atomic E-state index is 0.249. The Bertz CT molecular complexity index is 1390. The fourth-order valence-electron chi connectivity index (χ4n) is 5.53. The molecule has 1 aliphatic carbocycles. The number of pyridine rings is 2. The summed E-state index contributed by atoms with van der Waals surface area (Å²) in [6.07, 6.45) is 4.44. The van der Waals surface area contributed by atoms with E-state index in [4.69, 9.17) is 4.74 Å². The van der Waals surface area contributed by atoms with Crippen molar-refractivity contribution in [1.82, 2.24) is 19.8 Å². The van der Waals surface area contributed by atoms with E-state index in [2.05, 4.69) is 22.1 Å². The second-order valence-corrected chi connectivity index (χ2v) is 10.8. The number of morpholine rings is 1. The van der Waals surface area contributed by atoms with E-state index in [1.807, 2.05) is 0 Å². The number of ether oxygens (including phenoxy) is 1. The number of halogens is 1. The van der Waals surface area contributed by atoms with E-state index >= 15 is 0 Å². The van der Waals surface area contributed by atoms with Crippen LogP contribution >= 0.6 is 0 Å². The van der Waals surface area contributed by atoms with Gasteiger partial charge in [-0.25, -0.2) is 9.37 Å². The number of aromatic nitrogens is 2. The second kappa shape index (κ2) is 11.4. The molecule has 9 nitrogen and oxygen atoms in total. The van der Waals surface area contributed by atoms with Gasteiger partial charge < -0.3 is 20.3 Å². The van der Waals surface area contributed by atoms with Crippen molar-refractivity contribution >= 4 is 16.9 Å². The smallest absolute Gasteiger partial charge is 0.268 e. The van der Waals surface area contributed by atoms with Gasteiger partial charge in [0.05, 0.1) is 30.7 Å². The molecule has 5 rings (SSSR count). The lowest BCUT2D eigenvalue weighted by Crippen LogP contribution is -2.54. The van der Waals surface area contributed by atoms with Crippen molar-refractivity contribution in [3.8, 4) is 16.9 Å². The predicted molar refractivity (Wildman–Crippen MR) is 145 cm³/mol. The highest BCUT2D eigenvalue weighted by molar-refractivity contribution is 6.02. The Morgan fingerprint density at radius 1 is 1.15 bits per heavy atom. The lowest BCUT2D eigenvalue weighted by molar-refractivity contribution is 0.0364. The summed E-state index contributed by atoms with van der Waals surface area (Å²) in [6, 6.07) is 7.54. The van der Waals surface area contributed by atoms with E-state index in [-0.39, 0.29) is 35.6 Å². The minimum Gasteiger partial charge on any atom is -0.506 e. The first-order valence-electron chi connectivity index (χ1n) is 13.6. The molecule has 1 aliphatic heterocycles. The highest BCUT2D eigenvalue weighted by Gasteiger charge is 2.37. The largest absolute Gasteiger partial charge is 0.506 e. The standard InChI is InChI=1S/C29H35FN4O5/c1-19-6-8-29(18-35,9-7-19)32-27(37)24-25(36)23-16-21(20-2-4-22(30)5-3-20)17-31-26(23)34(28(24)38)11-10-33-12-14-39-15-13-33/h2-5,16-17,19,35-36H,6-15,18H2,1H3,(H,32,37)/t19-,29+. The zero-order valence-corrected chi connectivity index (χ0v) is 22.2. The molecule has 2 aliphatic rings. The van der Waals surface area contributed by atoms with Crippen molar-refractivity contribution in [2.45, 2.75) is 44.7 Å². The van der Waals surface area contributed by atoms with Gasteiger partial charge in [0.15, 0.2) is 0 Å². The average molecular weight is 539 g/mol. The molecule has 3 heterocycles. The van der Waals surface area contributed by atoms with Crippen LogP contribution in [-0.4, -0.2) is 75.6 Å². The van der Waals surface area contributed by atoms with E-state index < -0.39 is 22.8 Å². The number of rotatable bonds is 7. The maximum atomic E-state index is 13.8. The Morgan fingerprint density at radius 2 is 1.85 bits per heavy atom. The van der Waals surface area contributed by atoms with Crippen LogP contribution in [0.4, 0.5) is 4.39 Å². The molecule has 10 heteroatoms. The first kappa shape index (κ1) is 27.2. The van der Waals surface area contributed by atoms with Crippen molar-refractivity contribution < 1.29 is 24.1 Å². The number of fused-ring (bicyclic) bond motifs is 1. The van der Waals surface area contributed by atoms with Crippen LogP contribution in [0.1, 0.15) is 43.0 Å². The van der Waals surface area contributed by atoms with Gasteiger partial charge >= 0.3 is 0 Å². The monoisotopic (exact) mass is 538 g/mol. The van der Waals surface area contributed by atoms with Crippen LogP contribution in [0.5, 0.6) is 5.75 Å². The summed E-state index contributed by atoms with van der Waals surface area (Å²) in [5, 5.41) is 24.7.